The lowest BCUT2D eigenvalue weighted by Gasteiger charge is -2.16. The highest BCUT2D eigenvalue weighted by Crippen LogP contribution is 2.14. The largest absolute Gasteiger partial charge is 0.492 e. The lowest BCUT2D eigenvalue weighted by Crippen LogP contribution is -2.40. The molecule has 0 fully saturated rings. The Balaban J connectivity index is 0.00000625. The summed E-state index contributed by atoms with van der Waals surface area (Å²) >= 11 is 0. The maximum atomic E-state index is 5.85. The smallest absolute Gasteiger partial charge is 0.191 e. The van der Waals surface area contributed by atoms with Crippen LogP contribution in [0, 0.1) is 0 Å². The minimum absolute atomic E-state index is 0. The number of nitrogens with one attached hydrogen (secondary N) is 2. The monoisotopic (exact) mass is 478 g/mol. The fourth-order valence-corrected chi connectivity index (χ4v) is 2.18. The molecular formula is C19H35IN4O2. The number of guanidine groups is 1. The van der Waals surface area contributed by atoms with E-state index in [0.717, 1.165) is 43.5 Å². The average molecular weight is 478 g/mol. The van der Waals surface area contributed by atoms with Gasteiger partial charge in [-0.1, -0.05) is 12.1 Å². The summed E-state index contributed by atoms with van der Waals surface area (Å²) in [5.41, 5.74) is 1.13. The second-order valence-electron chi connectivity index (χ2n) is 6.29. The summed E-state index contributed by atoms with van der Waals surface area (Å²) in [6, 6.07) is 8.47. The van der Waals surface area contributed by atoms with E-state index >= 15 is 0 Å². The van der Waals surface area contributed by atoms with Crippen LogP contribution in [0.1, 0.15) is 26.3 Å². The highest BCUT2D eigenvalue weighted by Gasteiger charge is 2.02. The van der Waals surface area contributed by atoms with Crippen molar-refractivity contribution in [2.75, 3.05) is 47.0 Å². The van der Waals surface area contributed by atoms with Gasteiger partial charge in [-0.15, -0.1) is 24.0 Å². The van der Waals surface area contributed by atoms with Crippen LogP contribution in [0.3, 0.4) is 0 Å². The standard InChI is InChI=1S/C19H34N4O2.HI/c1-6-20-19(22-16(2)3)21-15-17-8-7-9-18(14-17)25-13-11-23(4)10-12-24-5;/h7-9,14,16H,6,10-13,15H2,1-5H3,(H2,20,21,22);1H. The van der Waals surface area contributed by atoms with E-state index in [1.165, 1.54) is 0 Å². The van der Waals surface area contributed by atoms with Crippen molar-refractivity contribution in [3.8, 4) is 5.75 Å². The van der Waals surface area contributed by atoms with Crippen LogP contribution in [0.4, 0.5) is 0 Å². The third-order valence-electron chi connectivity index (χ3n) is 3.51. The number of nitrogens with zero attached hydrogens (tertiary/aromatic N) is 2. The molecule has 0 spiro atoms. The minimum Gasteiger partial charge on any atom is -0.492 e. The number of hydrogen-bond acceptors (Lipinski definition) is 4. The van der Waals surface area contributed by atoms with E-state index in [-0.39, 0.29) is 24.0 Å². The van der Waals surface area contributed by atoms with Crippen molar-refractivity contribution in [2.24, 2.45) is 4.99 Å². The first-order valence-electron chi connectivity index (χ1n) is 8.99. The van der Waals surface area contributed by atoms with Crippen LogP contribution in [0.15, 0.2) is 29.3 Å². The van der Waals surface area contributed by atoms with Crippen LogP contribution in [0.5, 0.6) is 5.75 Å². The molecule has 1 aromatic rings. The molecule has 0 aliphatic heterocycles. The topological polar surface area (TPSA) is 58.1 Å². The molecule has 0 radical (unpaired) electrons. The average Bonchev–Trinajstić information content (AvgIpc) is 2.58. The van der Waals surface area contributed by atoms with E-state index in [1.807, 2.05) is 12.1 Å². The van der Waals surface area contributed by atoms with Crippen molar-refractivity contribution >= 4 is 29.9 Å². The quantitative estimate of drug-likeness (QED) is 0.291. The summed E-state index contributed by atoms with van der Waals surface area (Å²) in [5.74, 6) is 1.72. The lowest BCUT2D eigenvalue weighted by molar-refractivity contribution is 0.150. The molecule has 1 aromatic carbocycles. The van der Waals surface area contributed by atoms with Crippen LogP contribution in [-0.2, 0) is 11.3 Å². The van der Waals surface area contributed by atoms with Crippen LogP contribution in [0.2, 0.25) is 0 Å². The van der Waals surface area contributed by atoms with Gasteiger partial charge in [0.15, 0.2) is 5.96 Å². The Labute approximate surface area is 175 Å². The van der Waals surface area contributed by atoms with Gasteiger partial charge in [0.1, 0.15) is 12.4 Å². The molecule has 0 atom stereocenters. The molecule has 6 nitrogen and oxygen atoms in total. The summed E-state index contributed by atoms with van der Waals surface area (Å²) < 4.78 is 10.9. The summed E-state index contributed by atoms with van der Waals surface area (Å²) in [6.45, 7) is 10.9. The minimum atomic E-state index is 0. The Morgan fingerprint density at radius 2 is 1.96 bits per heavy atom. The van der Waals surface area contributed by atoms with Gasteiger partial charge in [0, 0.05) is 32.8 Å². The van der Waals surface area contributed by atoms with E-state index in [1.54, 1.807) is 7.11 Å². The van der Waals surface area contributed by atoms with Gasteiger partial charge in [-0.3, -0.25) is 0 Å². The first kappa shape index (κ1) is 24.9. The lowest BCUT2D eigenvalue weighted by atomic mass is 10.2. The van der Waals surface area contributed by atoms with E-state index in [4.69, 9.17) is 9.47 Å². The van der Waals surface area contributed by atoms with Gasteiger partial charge in [-0.25, -0.2) is 4.99 Å². The van der Waals surface area contributed by atoms with E-state index in [0.29, 0.717) is 19.2 Å². The first-order chi connectivity index (χ1) is 12.0. The summed E-state index contributed by atoms with van der Waals surface area (Å²) in [5, 5.41) is 6.58. The predicted octanol–water partition coefficient (Wildman–Crippen LogP) is 2.73. The summed E-state index contributed by atoms with van der Waals surface area (Å²) in [6.07, 6.45) is 0. The third kappa shape index (κ3) is 11.5. The van der Waals surface area contributed by atoms with E-state index in [9.17, 15) is 0 Å². The molecule has 0 bridgehead atoms. The zero-order chi connectivity index (χ0) is 18.5. The molecule has 0 aliphatic rings. The molecule has 0 amide bonds. The number of likely N-dealkylation sites (N-methyl/N-ethyl adjacent to an activating group) is 1. The Bertz CT molecular complexity index is 512. The van der Waals surface area contributed by atoms with E-state index < -0.39 is 0 Å². The molecule has 0 aliphatic carbocycles. The van der Waals surface area contributed by atoms with Gasteiger partial charge >= 0.3 is 0 Å². The second kappa shape index (κ2) is 15.0. The van der Waals surface area contributed by atoms with E-state index in [2.05, 4.69) is 60.5 Å². The number of hydrogen-bond donors (Lipinski definition) is 2. The maximum absolute atomic E-state index is 5.85. The maximum Gasteiger partial charge on any atom is 0.191 e. The van der Waals surface area contributed by atoms with Gasteiger partial charge in [0.05, 0.1) is 13.2 Å². The number of methoxy groups -OCH3 is 1. The van der Waals surface area contributed by atoms with Crippen LogP contribution in [-0.4, -0.2) is 63.9 Å². The van der Waals surface area contributed by atoms with Gasteiger partial charge in [-0.2, -0.15) is 0 Å². The normalized spacial score (nSPS) is 11.4. The second-order valence-corrected chi connectivity index (χ2v) is 6.29. The molecule has 1 rings (SSSR count). The van der Waals surface area contributed by atoms with Gasteiger partial charge in [0.25, 0.3) is 0 Å². The Morgan fingerprint density at radius 1 is 1.23 bits per heavy atom. The van der Waals surface area contributed by atoms with Crippen LogP contribution < -0.4 is 15.4 Å². The first-order valence-corrected chi connectivity index (χ1v) is 8.99. The van der Waals surface area contributed by atoms with Gasteiger partial charge in [0.2, 0.25) is 0 Å². The number of rotatable bonds is 11. The zero-order valence-corrected chi connectivity index (χ0v) is 19.1. The van der Waals surface area contributed by atoms with Crippen LogP contribution in [0.25, 0.3) is 0 Å². The fraction of sp³-hybridized carbons (Fsp3) is 0.632. The van der Waals surface area contributed by atoms with Gasteiger partial charge in [-0.05, 0) is 45.5 Å². The number of halogens is 1. The number of ether oxygens (including phenoxy) is 2. The third-order valence-corrected chi connectivity index (χ3v) is 3.51. The van der Waals surface area contributed by atoms with Crippen molar-refractivity contribution in [1.82, 2.24) is 15.5 Å². The van der Waals surface area contributed by atoms with Gasteiger partial charge < -0.3 is 25.0 Å². The van der Waals surface area contributed by atoms with Crippen molar-refractivity contribution in [3.63, 3.8) is 0 Å². The molecule has 7 heteroatoms. The fourth-order valence-electron chi connectivity index (χ4n) is 2.18. The SMILES string of the molecule is CCNC(=NCc1cccc(OCCN(C)CCOC)c1)NC(C)C.I. The molecule has 150 valence electrons. The Kier molecular flexibility index (Phi) is 14.4. The van der Waals surface area contributed by atoms with Crippen molar-refractivity contribution in [2.45, 2.75) is 33.4 Å². The molecule has 0 unspecified atom stereocenters. The molecule has 0 saturated carbocycles. The molecule has 26 heavy (non-hydrogen) atoms. The molecule has 2 N–H and O–H groups in total. The van der Waals surface area contributed by atoms with Crippen molar-refractivity contribution in [3.05, 3.63) is 29.8 Å². The molecule has 0 heterocycles. The molecule has 0 saturated heterocycles. The summed E-state index contributed by atoms with van der Waals surface area (Å²) in [4.78, 5) is 6.82. The highest BCUT2D eigenvalue weighted by atomic mass is 127. The number of benzene rings is 1. The number of aliphatic imine (C=N–C) groups is 1. The predicted molar refractivity (Wildman–Crippen MR) is 120 cm³/mol. The molecule has 0 aromatic heterocycles. The Morgan fingerprint density at radius 3 is 2.62 bits per heavy atom. The molecular weight excluding hydrogens is 443 g/mol. The Hall–Kier alpha value is -1.06. The highest BCUT2D eigenvalue weighted by molar-refractivity contribution is 14.0. The van der Waals surface area contributed by atoms with Crippen LogP contribution >= 0.6 is 24.0 Å². The van der Waals surface area contributed by atoms with Crippen molar-refractivity contribution in [1.29, 1.82) is 0 Å². The summed E-state index contributed by atoms with van der Waals surface area (Å²) in [7, 11) is 3.79. The van der Waals surface area contributed by atoms with Crippen molar-refractivity contribution < 1.29 is 9.47 Å². The zero-order valence-electron chi connectivity index (χ0n) is 16.7.